The normalized spacial score (nSPS) is 6.00. The largest absolute Gasteiger partial charge is 0.437 e. The zero-order valence-electron chi connectivity index (χ0n) is 5.45. The summed E-state index contributed by atoms with van der Waals surface area (Å²) in [6.45, 7) is 6.50. The molecule has 56 valence electrons. The van der Waals surface area contributed by atoms with Crippen LogP contribution in [0.15, 0.2) is 25.5 Å². The molecule has 0 bridgehead atoms. The third-order valence-corrected chi connectivity index (χ3v) is 0.353. The van der Waals surface area contributed by atoms with Crippen LogP contribution in [0.2, 0.25) is 0 Å². The molecule has 0 saturated heterocycles. The summed E-state index contributed by atoms with van der Waals surface area (Å²) in [4.78, 5) is 18.6. The number of primary amides is 1. The maximum Gasteiger partial charge on any atom is 0.297 e. The van der Waals surface area contributed by atoms with E-state index in [-0.39, 0.29) is 0 Å². The molecule has 0 unspecified atom stereocenters. The predicted octanol–water partition coefficient (Wildman–Crippen LogP) is -0.0394. The van der Waals surface area contributed by atoms with Gasteiger partial charge in [-0.1, -0.05) is 13.2 Å². The summed E-state index contributed by atoms with van der Waals surface area (Å²) in [6, 6.07) is 0. The summed E-state index contributed by atoms with van der Waals surface area (Å²) in [5.41, 5.74) is 4.53. The highest BCUT2D eigenvalue weighted by Gasteiger charge is 1.69. The SMILES string of the molecule is C=CC(N)=O.C=COC=O. The van der Waals surface area contributed by atoms with Crippen molar-refractivity contribution in [1.82, 2.24) is 0 Å². The van der Waals surface area contributed by atoms with Gasteiger partial charge in [-0.15, -0.1) is 0 Å². The van der Waals surface area contributed by atoms with Gasteiger partial charge in [0.25, 0.3) is 6.47 Å². The molecule has 0 saturated carbocycles. The van der Waals surface area contributed by atoms with Crippen molar-refractivity contribution >= 4 is 12.4 Å². The van der Waals surface area contributed by atoms with Crippen LogP contribution < -0.4 is 5.73 Å². The fraction of sp³-hybridized carbons (Fsp3) is 0. The minimum Gasteiger partial charge on any atom is -0.437 e. The molecule has 0 spiro atoms. The number of hydrogen-bond donors (Lipinski definition) is 1. The van der Waals surface area contributed by atoms with Crippen LogP contribution in [-0.4, -0.2) is 12.4 Å². The number of nitrogens with two attached hydrogens (primary N) is 1. The molecule has 0 fully saturated rings. The second-order valence-corrected chi connectivity index (χ2v) is 1.01. The molecule has 0 aliphatic carbocycles. The van der Waals surface area contributed by atoms with Crippen LogP contribution in [0.25, 0.3) is 0 Å². The van der Waals surface area contributed by atoms with E-state index in [1.54, 1.807) is 0 Å². The van der Waals surface area contributed by atoms with E-state index < -0.39 is 5.91 Å². The molecule has 10 heavy (non-hydrogen) atoms. The molecular weight excluding hydrogens is 134 g/mol. The van der Waals surface area contributed by atoms with Crippen LogP contribution in [-0.2, 0) is 14.3 Å². The molecule has 4 nitrogen and oxygen atoms in total. The third kappa shape index (κ3) is 32.2. The number of ether oxygens (including phenoxy) is 1. The number of carbonyl (C=O) groups excluding carboxylic acids is 2. The Morgan fingerprint density at radius 3 is 1.90 bits per heavy atom. The molecule has 0 aliphatic rings. The van der Waals surface area contributed by atoms with Gasteiger partial charge in [0, 0.05) is 0 Å². The highest BCUT2D eigenvalue weighted by Crippen LogP contribution is 1.55. The molecule has 0 aromatic heterocycles. The number of carbonyl (C=O) groups is 2. The minimum absolute atomic E-state index is 0.312. The van der Waals surface area contributed by atoms with Gasteiger partial charge in [-0.05, 0) is 6.08 Å². The summed E-state index contributed by atoms with van der Waals surface area (Å²) >= 11 is 0. The fourth-order valence-corrected chi connectivity index (χ4v) is 0.0393. The van der Waals surface area contributed by atoms with Gasteiger partial charge in [0.1, 0.15) is 0 Å². The maximum atomic E-state index is 9.47. The van der Waals surface area contributed by atoms with Crippen LogP contribution in [0.3, 0.4) is 0 Å². The Hall–Kier alpha value is -1.58. The molecule has 1 amide bonds. The van der Waals surface area contributed by atoms with Crippen LogP contribution >= 0.6 is 0 Å². The van der Waals surface area contributed by atoms with Crippen molar-refractivity contribution < 1.29 is 14.3 Å². The number of hydrogen-bond acceptors (Lipinski definition) is 3. The van der Waals surface area contributed by atoms with E-state index in [9.17, 15) is 4.79 Å². The topological polar surface area (TPSA) is 69.4 Å². The van der Waals surface area contributed by atoms with Crippen LogP contribution in [0.4, 0.5) is 0 Å². The van der Waals surface area contributed by atoms with Gasteiger partial charge in [0.05, 0.1) is 6.26 Å². The molecule has 0 heterocycles. The Labute approximate surface area is 59.0 Å². The first kappa shape index (κ1) is 11.2. The second-order valence-electron chi connectivity index (χ2n) is 1.01. The Balaban J connectivity index is 0. The molecule has 0 radical (unpaired) electrons. The lowest BCUT2D eigenvalue weighted by Crippen LogP contribution is -2.04. The highest BCUT2D eigenvalue weighted by molar-refractivity contribution is 5.84. The molecule has 0 atom stereocenters. The van der Waals surface area contributed by atoms with Gasteiger partial charge in [0.2, 0.25) is 5.91 Å². The summed E-state index contributed by atoms with van der Waals surface area (Å²) in [6.07, 6.45) is 2.12. The quantitative estimate of drug-likeness (QED) is 0.342. The van der Waals surface area contributed by atoms with Gasteiger partial charge in [-0.25, -0.2) is 0 Å². The van der Waals surface area contributed by atoms with Gasteiger partial charge in [-0.2, -0.15) is 0 Å². The summed E-state index contributed by atoms with van der Waals surface area (Å²) in [7, 11) is 0. The summed E-state index contributed by atoms with van der Waals surface area (Å²) in [5, 5.41) is 0. The van der Waals surface area contributed by atoms with Gasteiger partial charge in [0.15, 0.2) is 0 Å². The van der Waals surface area contributed by atoms with E-state index >= 15 is 0 Å². The van der Waals surface area contributed by atoms with Crippen molar-refractivity contribution in [1.29, 1.82) is 0 Å². The zero-order chi connectivity index (χ0) is 8.41. The van der Waals surface area contributed by atoms with E-state index in [2.05, 4.69) is 23.6 Å². The minimum atomic E-state index is -0.481. The van der Waals surface area contributed by atoms with E-state index in [1.165, 1.54) is 0 Å². The Bertz CT molecular complexity index is 125. The summed E-state index contributed by atoms with van der Waals surface area (Å²) in [5.74, 6) is -0.481. The Morgan fingerprint density at radius 1 is 1.50 bits per heavy atom. The lowest BCUT2D eigenvalue weighted by Gasteiger charge is -1.71. The smallest absolute Gasteiger partial charge is 0.297 e. The molecule has 0 aromatic carbocycles. The fourth-order valence-electron chi connectivity index (χ4n) is 0.0393. The lowest BCUT2D eigenvalue weighted by atomic mass is 10.6. The first-order valence-electron chi connectivity index (χ1n) is 2.31. The van der Waals surface area contributed by atoms with Crippen molar-refractivity contribution in [3.8, 4) is 0 Å². The van der Waals surface area contributed by atoms with Crippen molar-refractivity contribution in [2.75, 3.05) is 0 Å². The summed E-state index contributed by atoms with van der Waals surface area (Å²) < 4.78 is 3.92. The average Bonchev–Trinajstić information content (AvgIpc) is 1.91. The van der Waals surface area contributed by atoms with Crippen molar-refractivity contribution in [2.24, 2.45) is 5.73 Å². The Kier molecular flexibility index (Phi) is 11.7. The molecular formula is C6H9NO3. The highest BCUT2D eigenvalue weighted by atomic mass is 16.5. The standard InChI is InChI=1S/C3H5NO.C3H4O2/c1-2-3(4)5;1-2-5-3-4/h2H,1H2,(H2,4,5);2-3H,1H2. The average molecular weight is 143 g/mol. The van der Waals surface area contributed by atoms with Crippen LogP contribution in [0.5, 0.6) is 0 Å². The molecule has 4 heteroatoms. The molecule has 0 aliphatic heterocycles. The maximum absolute atomic E-state index is 9.47. The molecule has 0 aromatic rings. The first-order valence-corrected chi connectivity index (χ1v) is 2.31. The monoisotopic (exact) mass is 143 g/mol. The van der Waals surface area contributed by atoms with E-state index in [4.69, 9.17) is 4.79 Å². The zero-order valence-corrected chi connectivity index (χ0v) is 5.45. The van der Waals surface area contributed by atoms with E-state index in [0.717, 1.165) is 12.3 Å². The van der Waals surface area contributed by atoms with Gasteiger partial charge < -0.3 is 10.5 Å². The molecule has 0 rings (SSSR count). The number of rotatable bonds is 3. The molecule has 2 N–H and O–H groups in total. The van der Waals surface area contributed by atoms with Crippen molar-refractivity contribution in [2.45, 2.75) is 0 Å². The first-order chi connectivity index (χ1) is 4.68. The van der Waals surface area contributed by atoms with E-state index in [1.807, 2.05) is 0 Å². The van der Waals surface area contributed by atoms with Crippen LogP contribution in [0, 0.1) is 0 Å². The van der Waals surface area contributed by atoms with Crippen molar-refractivity contribution in [3.05, 3.63) is 25.5 Å². The third-order valence-electron chi connectivity index (χ3n) is 0.353. The Morgan fingerprint density at radius 2 is 1.90 bits per heavy atom. The second kappa shape index (κ2) is 10.4. The van der Waals surface area contributed by atoms with Crippen LogP contribution in [0.1, 0.15) is 0 Å². The lowest BCUT2D eigenvalue weighted by molar-refractivity contribution is -0.123. The predicted molar refractivity (Wildman–Crippen MR) is 36.7 cm³/mol. The van der Waals surface area contributed by atoms with Crippen molar-refractivity contribution in [3.63, 3.8) is 0 Å². The van der Waals surface area contributed by atoms with E-state index in [0.29, 0.717) is 6.47 Å². The van der Waals surface area contributed by atoms with Gasteiger partial charge in [-0.3, -0.25) is 9.59 Å². The van der Waals surface area contributed by atoms with Gasteiger partial charge >= 0.3 is 0 Å². The number of amides is 1.